The van der Waals surface area contributed by atoms with E-state index in [2.05, 4.69) is 5.32 Å². The summed E-state index contributed by atoms with van der Waals surface area (Å²) in [6.45, 7) is 2.65. The number of halogens is 6. The van der Waals surface area contributed by atoms with Crippen LogP contribution in [0.3, 0.4) is 0 Å². The van der Waals surface area contributed by atoms with E-state index >= 15 is 0 Å². The molecule has 1 fully saturated rings. The molecule has 0 bridgehead atoms. The molecule has 2 nitrogen and oxygen atoms in total. The molecule has 0 amide bonds. The molecule has 1 aromatic heterocycles. The number of hydrogen-bond acceptors (Lipinski definition) is 3. The Bertz CT molecular complexity index is 714. The van der Waals surface area contributed by atoms with Crippen molar-refractivity contribution in [1.82, 2.24) is 10.2 Å². The van der Waals surface area contributed by atoms with Gasteiger partial charge in [0, 0.05) is 36.6 Å². The van der Waals surface area contributed by atoms with Crippen LogP contribution in [-0.2, 0) is 6.18 Å². The van der Waals surface area contributed by atoms with Crippen LogP contribution < -0.4 is 5.32 Å². The predicted octanol–water partition coefficient (Wildman–Crippen LogP) is 4.98. The van der Waals surface area contributed by atoms with Gasteiger partial charge in [0.05, 0.1) is 15.9 Å². The number of hydrogen-bond donors (Lipinski definition) is 1. The zero-order valence-electron chi connectivity index (χ0n) is 12.9. The second-order valence-electron chi connectivity index (χ2n) is 5.56. The first-order valence-electron chi connectivity index (χ1n) is 7.43. The summed E-state index contributed by atoms with van der Waals surface area (Å²) in [6, 6.07) is 5.43. The summed E-state index contributed by atoms with van der Waals surface area (Å²) in [5.74, 6) is -0.643. The molecule has 1 aliphatic heterocycles. The molecule has 0 aliphatic carbocycles. The molecule has 0 radical (unpaired) electrons. The molecule has 0 saturated carbocycles. The van der Waals surface area contributed by atoms with E-state index < -0.39 is 23.6 Å². The third-order valence-corrected chi connectivity index (χ3v) is 5.28. The Hall–Kier alpha value is -0.860. The predicted molar refractivity (Wildman–Crippen MR) is 94.3 cm³/mol. The van der Waals surface area contributed by atoms with E-state index in [1.807, 2.05) is 4.90 Å². The second kappa shape index (κ2) is 8.22. The fourth-order valence-electron chi connectivity index (χ4n) is 2.88. The number of nitrogens with zero attached hydrogens (tertiary/aromatic N) is 1. The summed E-state index contributed by atoms with van der Waals surface area (Å²) in [6.07, 6.45) is -4.51. The van der Waals surface area contributed by atoms with E-state index in [1.54, 1.807) is 12.1 Å². The Morgan fingerprint density at radius 2 is 1.80 bits per heavy atom. The van der Waals surface area contributed by atoms with Gasteiger partial charge < -0.3 is 5.32 Å². The van der Waals surface area contributed by atoms with Crippen molar-refractivity contribution in [2.24, 2.45) is 0 Å². The molecular formula is C16H16Cl2F4N2S. The lowest BCUT2D eigenvalue weighted by atomic mass is 9.99. The van der Waals surface area contributed by atoms with Gasteiger partial charge in [-0.2, -0.15) is 13.2 Å². The van der Waals surface area contributed by atoms with Gasteiger partial charge in [-0.05, 0) is 30.3 Å². The molecule has 9 heteroatoms. The standard InChI is InChI=1S/C16H15ClF4N2S.ClH/c17-14-4-3-13(24-14)15(23-7-5-22-6-8-23)11-9-10(16(19,20)21)1-2-12(11)18;/h1-4,9,15,22H,5-8H2;1H/t15-;/m0./s1. The SMILES string of the molecule is Cl.Fc1ccc(C(F)(F)F)cc1[C@@H](c1ccc(Cl)s1)N1CCNCC1. The minimum atomic E-state index is -4.51. The zero-order valence-corrected chi connectivity index (χ0v) is 15.3. The van der Waals surface area contributed by atoms with E-state index in [0.29, 0.717) is 30.5 Å². The molecule has 2 aromatic rings. The van der Waals surface area contributed by atoms with Gasteiger partial charge in [0.2, 0.25) is 0 Å². The smallest absolute Gasteiger partial charge is 0.314 e. The Kier molecular flexibility index (Phi) is 6.73. The van der Waals surface area contributed by atoms with Crippen molar-refractivity contribution in [3.05, 3.63) is 56.5 Å². The Morgan fingerprint density at radius 3 is 2.36 bits per heavy atom. The zero-order chi connectivity index (χ0) is 17.3. The van der Waals surface area contributed by atoms with E-state index in [9.17, 15) is 17.6 Å². The molecular weight excluding hydrogens is 399 g/mol. The highest BCUT2D eigenvalue weighted by atomic mass is 35.5. The molecule has 2 heterocycles. The minimum absolute atomic E-state index is 0. The molecule has 0 unspecified atom stereocenters. The summed E-state index contributed by atoms with van der Waals surface area (Å²) >= 11 is 7.25. The van der Waals surface area contributed by atoms with Crippen LogP contribution in [-0.4, -0.2) is 31.1 Å². The molecule has 1 N–H and O–H groups in total. The molecule has 3 rings (SSSR count). The normalized spacial score (nSPS) is 17.2. The van der Waals surface area contributed by atoms with Gasteiger partial charge in [-0.25, -0.2) is 4.39 Å². The first-order valence-corrected chi connectivity index (χ1v) is 8.62. The summed E-state index contributed by atoms with van der Waals surface area (Å²) in [7, 11) is 0. The van der Waals surface area contributed by atoms with Crippen LogP contribution in [0, 0.1) is 5.82 Å². The number of rotatable bonds is 3. The van der Waals surface area contributed by atoms with Crippen LogP contribution in [0.4, 0.5) is 17.6 Å². The van der Waals surface area contributed by atoms with Crippen molar-refractivity contribution in [2.75, 3.05) is 26.2 Å². The maximum Gasteiger partial charge on any atom is 0.416 e. The average molecular weight is 415 g/mol. The largest absolute Gasteiger partial charge is 0.416 e. The van der Waals surface area contributed by atoms with Crippen LogP contribution in [0.15, 0.2) is 30.3 Å². The van der Waals surface area contributed by atoms with Gasteiger partial charge in [0.1, 0.15) is 5.82 Å². The lowest BCUT2D eigenvalue weighted by molar-refractivity contribution is -0.137. The Labute approximate surface area is 158 Å². The van der Waals surface area contributed by atoms with E-state index in [4.69, 9.17) is 11.6 Å². The summed E-state index contributed by atoms with van der Waals surface area (Å²) in [5, 5.41) is 3.19. The van der Waals surface area contributed by atoms with Crippen LogP contribution in [0.1, 0.15) is 22.0 Å². The van der Waals surface area contributed by atoms with Crippen molar-refractivity contribution in [3.63, 3.8) is 0 Å². The maximum absolute atomic E-state index is 14.4. The summed E-state index contributed by atoms with van der Waals surface area (Å²) < 4.78 is 54.1. The monoisotopic (exact) mass is 414 g/mol. The van der Waals surface area contributed by atoms with Gasteiger partial charge in [-0.3, -0.25) is 4.90 Å². The van der Waals surface area contributed by atoms with Crippen molar-refractivity contribution in [2.45, 2.75) is 12.2 Å². The topological polar surface area (TPSA) is 15.3 Å². The van der Waals surface area contributed by atoms with E-state index in [1.165, 1.54) is 11.3 Å². The number of thiophene rings is 1. The first kappa shape index (κ1) is 20.5. The second-order valence-corrected chi connectivity index (χ2v) is 7.31. The molecule has 138 valence electrons. The minimum Gasteiger partial charge on any atom is -0.314 e. The molecule has 25 heavy (non-hydrogen) atoms. The van der Waals surface area contributed by atoms with Crippen molar-refractivity contribution in [1.29, 1.82) is 0 Å². The van der Waals surface area contributed by atoms with Crippen LogP contribution in [0.25, 0.3) is 0 Å². The average Bonchev–Trinajstić information content (AvgIpc) is 2.95. The third-order valence-electron chi connectivity index (χ3n) is 4.00. The van der Waals surface area contributed by atoms with Crippen LogP contribution >= 0.6 is 35.3 Å². The molecule has 0 spiro atoms. The van der Waals surface area contributed by atoms with Crippen molar-refractivity contribution >= 4 is 35.3 Å². The van der Waals surface area contributed by atoms with Crippen molar-refractivity contribution < 1.29 is 17.6 Å². The van der Waals surface area contributed by atoms with Crippen LogP contribution in [0.2, 0.25) is 4.34 Å². The van der Waals surface area contributed by atoms with Gasteiger partial charge in [0.15, 0.2) is 0 Å². The fourth-order valence-corrected chi connectivity index (χ4v) is 4.09. The quantitative estimate of drug-likeness (QED) is 0.712. The number of benzene rings is 1. The highest BCUT2D eigenvalue weighted by molar-refractivity contribution is 7.16. The third kappa shape index (κ3) is 4.65. The van der Waals surface area contributed by atoms with Gasteiger partial charge >= 0.3 is 6.18 Å². The number of alkyl halides is 3. The number of nitrogens with one attached hydrogen (secondary N) is 1. The summed E-state index contributed by atoms with van der Waals surface area (Å²) in [5.41, 5.74) is -0.813. The Morgan fingerprint density at radius 1 is 1.12 bits per heavy atom. The highest BCUT2D eigenvalue weighted by Gasteiger charge is 2.34. The van der Waals surface area contributed by atoms with Gasteiger partial charge in [0.25, 0.3) is 0 Å². The van der Waals surface area contributed by atoms with Gasteiger partial charge in [-0.1, -0.05) is 11.6 Å². The van der Waals surface area contributed by atoms with Gasteiger partial charge in [-0.15, -0.1) is 23.7 Å². The molecule has 1 saturated heterocycles. The fraction of sp³-hybridized carbons (Fsp3) is 0.375. The Balaban J connectivity index is 0.00000225. The van der Waals surface area contributed by atoms with E-state index in [-0.39, 0.29) is 18.0 Å². The first-order chi connectivity index (χ1) is 11.4. The highest BCUT2D eigenvalue weighted by Crippen LogP contribution is 2.39. The lowest BCUT2D eigenvalue weighted by Crippen LogP contribution is -2.45. The summed E-state index contributed by atoms with van der Waals surface area (Å²) in [4.78, 5) is 2.72. The lowest BCUT2D eigenvalue weighted by Gasteiger charge is -2.35. The van der Waals surface area contributed by atoms with Crippen LogP contribution in [0.5, 0.6) is 0 Å². The van der Waals surface area contributed by atoms with E-state index in [0.717, 1.165) is 23.1 Å². The number of piperazine rings is 1. The molecule has 1 aromatic carbocycles. The molecule has 1 aliphatic rings. The van der Waals surface area contributed by atoms with Crippen molar-refractivity contribution in [3.8, 4) is 0 Å². The maximum atomic E-state index is 14.4. The molecule has 1 atom stereocenters.